The number of hydrogen-bond donors (Lipinski definition) is 3. The molecule has 0 saturated carbocycles. The number of anilines is 4. The lowest BCUT2D eigenvalue weighted by atomic mass is 10.1. The topological polar surface area (TPSA) is 140 Å². The summed E-state index contributed by atoms with van der Waals surface area (Å²) in [6, 6.07) is 13.7. The number of aryl methyl sites for hydroxylation is 1. The van der Waals surface area contributed by atoms with Crippen molar-refractivity contribution in [1.82, 2.24) is 14.2 Å². The van der Waals surface area contributed by atoms with E-state index in [4.69, 9.17) is 27.9 Å². The fraction of sp³-hybridized carbons (Fsp3) is 0.0588. The Balaban J connectivity index is 1.76. The van der Waals surface area contributed by atoms with Gasteiger partial charge < -0.3 is 11.1 Å². The van der Waals surface area contributed by atoms with Gasteiger partial charge in [-0.3, -0.25) is 5.21 Å². The van der Waals surface area contributed by atoms with E-state index in [1.165, 1.54) is 22.3 Å². The molecule has 11 heteroatoms. The maximum Gasteiger partial charge on any atom is 0.249 e. The molecule has 0 spiro atoms. The first kappa shape index (κ1) is 19.3. The Bertz CT molecular complexity index is 1120. The predicted molar refractivity (Wildman–Crippen MR) is 107 cm³/mol. The van der Waals surface area contributed by atoms with Gasteiger partial charge >= 0.3 is 0 Å². The summed E-state index contributed by atoms with van der Waals surface area (Å²) >= 11 is 6.83. The molecule has 0 bridgehead atoms. The summed E-state index contributed by atoms with van der Waals surface area (Å²) in [5.41, 5.74) is 8.56. The average molecular weight is 413 g/mol. The zero-order valence-electron chi connectivity index (χ0n) is 14.5. The van der Waals surface area contributed by atoms with Crippen molar-refractivity contribution < 1.29 is 5.21 Å². The van der Waals surface area contributed by atoms with E-state index in [9.17, 15) is 5.21 Å². The SMILES string of the molecule is Cc1cc(Nc2nc(N)n(SN(O)c3ccc(C#N)cc3Cl)n2)ccc1C#N. The Labute approximate surface area is 169 Å². The van der Waals surface area contributed by atoms with Crippen LogP contribution in [0, 0.1) is 29.6 Å². The molecule has 0 aliphatic carbocycles. The number of aromatic nitrogens is 3. The number of rotatable bonds is 5. The van der Waals surface area contributed by atoms with Crippen LogP contribution in [-0.2, 0) is 0 Å². The van der Waals surface area contributed by atoms with Gasteiger partial charge in [-0.05, 0) is 48.9 Å². The standard InChI is InChI=1S/C17H13ClN8OS/c1-10-6-13(4-3-12(10)9-20)22-17-23-16(21)25(24-17)28-26(27)15-5-2-11(8-19)7-14(15)18/h2-7,27H,1H3,(H3,21,22,23,24). The molecule has 3 aromatic rings. The van der Waals surface area contributed by atoms with Crippen LogP contribution in [0.25, 0.3) is 0 Å². The number of nitrogens with two attached hydrogens (primary N) is 1. The normalized spacial score (nSPS) is 10.2. The van der Waals surface area contributed by atoms with Gasteiger partial charge in [0.1, 0.15) is 12.1 Å². The van der Waals surface area contributed by atoms with Gasteiger partial charge in [0.2, 0.25) is 11.9 Å². The van der Waals surface area contributed by atoms with Gasteiger partial charge in [0, 0.05) is 5.69 Å². The van der Waals surface area contributed by atoms with Gasteiger partial charge in [-0.2, -0.15) is 20.0 Å². The second kappa shape index (κ2) is 8.06. The van der Waals surface area contributed by atoms with Crippen molar-refractivity contribution in [3.05, 3.63) is 58.1 Å². The second-order valence-corrected chi connectivity index (χ2v) is 6.83. The fourth-order valence-electron chi connectivity index (χ4n) is 2.27. The molecular formula is C17H13ClN8OS. The van der Waals surface area contributed by atoms with Crippen molar-refractivity contribution in [2.24, 2.45) is 0 Å². The summed E-state index contributed by atoms with van der Waals surface area (Å²) in [4.78, 5) is 4.09. The van der Waals surface area contributed by atoms with E-state index < -0.39 is 0 Å². The van der Waals surface area contributed by atoms with Gasteiger partial charge in [0.15, 0.2) is 0 Å². The largest absolute Gasteiger partial charge is 0.367 e. The molecule has 0 aliphatic rings. The Morgan fingerprint density at radius 1 is 1.25 bits per heavy atom. The molecular weight excluding hydrogens is 400 g/mol. The first-order valence-electron chi connectivity index (χ1n) is 7.78. The molecule has 0 atom stereocenters. The molecule has 1 heterocycles. The molecule has 0 saturated heterocycles. The number of nitrogens with zero attached hydrogens (tertiary/aromatic N) is 6. The van der Waals surface area contributed by atoms with E-state index in [2.05, 4.69) is 21.5 Å². The molecule has 140 valence electrons. The highest BCUT2D eigenvalue weighted by Gasteiger charge is 2.15. The van der Waals surface area contributed by atoms with Crippen LogP contribution >= 0.6 is 23.7 Å². The number of nitrogen functional groups attached to an aromatic ring is 1. The lowest BCUT2D eigenvalue weighted by Crippen LogP contribution is -2.13. The van der Waals surface area contributed by atoms with E-state index >= 15 is 0 Å². The molecule has 0 unspecified atom stereocenters. The van der Waals surface area contributed by atoms with Crippen LogP contribution in [0.2, 0.25) is 5.02 Å². The summed E-state index contributed by atoms with van der Waals surface area (Å²) in [7, 11) is 0. The minimum atomic E-state index is 0.0432. The van der Waals surface area contributed by atoms with Crippen molar-refractivity contribution in [2.75, 3.05) is 15.5 Å². The van der Waals surface area contributed by atoms with E-state index in [0.717, 1.165) is 22.2 Å². The number of hydrogen-bond acceptors (Lipinski definition) is 9. The molecule has 0 amide bonds. The van der Waals surface area contributed by atoms with E-state index in [1.807, 2.05) is 13.0 Å². The summed E-state index contributed by atoms with van der Waals surface area (Å²) < 4.78 is 1.97. The monoisotopic (exact) mass is 412 g/mol. The van der Waals surface area contributed by atoms with Crippen LogP contribution in [0.5, 0.6) is 0 Å². The Morgan fingerprint density at radius 2 is 2.04 bits per heavy atom. The molecule has 0 radical (unpaired) electrons. The van der Waals surface area contributed by atoms with Crippen molar-refractivity contribution in [2.45, 2.75) is 6.92 Å². The van der Waals surface area contributed by atoms with Crippen molar-refractivity contribution >= 4 is 47.0 Å². The third-order valence-corrected chi connectivity index (χ3v) is 4.72. The van der Waals surface area contributed by atoms with Crippen LogP contribution in [0.3, 0.4) is 0 Å². The van der Waals surface area contributed by atoms with Crippen LogP contribution in [0.1, 0.15) is 16.7 Å². The summed E-state index contributed by atoms with van der Waals surface area (Å²) in [5.74, 6) is 0.259. The first-order valence-corrected chi connectivity index (χ1v) is 8.89. The number of halogens is 1. The molecule has 9 nitrogen and oxygen atoms in total. The third-order valence-electron chi connectivity index (χ3n) is 3.64. The highest BCUT2D eigenvalue weighted by Crippen LogP contribution is 2.31. The van der Waals surface area contributed by atoms with Crippen LogP contribution in [0.15, 0.2) is 36.4 Å². The van der Waals surface area contributed by atoms with Crippen molar-refractivity contribution in [3.63, 3.8) is 0 Å². The van der Waals surface area contributed by atoms with E-state index in [0.29, 0.717) is 16.8 Å². The van der Waals surface area contributed by atoms with Gasteiger partial charge in [-0.15, -0.1) is 9.19 Å². The minimum Gasteiger partial charge on any atom is -0.367 e. The van der Waals surface area contributed by atoms with Gasteiger partial charge in [-0.25, -0.2) is 0 Å². The first-order chi connectivity index (χ1) is 13.4. The zero-order chi connectivity index (χ0) is 20.3. The Hall–Kier alpha value is -3.44. The summed E-state index contributed by atoms with van der Waals surface area (Å²) in [5, 5.41) is 35.5. The Kier molecular flexibility index (Phi) is 5.57. The number of nitriles is 2. The highest BCUT2D eigenvalue weighted by molar-refractivity contribution is 7.98. The highest BCUT2D eigenvalue weighted by atomic mass is 35.5. The van der Waals surface area contributed by atoms with Crippen LogP contribution in [0.4, 0.5) is 23.3 Å². The van der Waals surface area contributed by atoms with Gasteiger partial charge in [0.05, 0.1) is 34.0 Å². The maximum absolute atomic E-state index is 10.3. The second-order valence-electron chi connectivity index (χ2n) is 5.57. The summed E-state index contributed by atoms with van der Waals surface area (Å²) in [6.07, 6.45) is 0. The van der Waals surface area contributed by atoms with Crippen LogP contribution in [-0.4, -0.2) is 19.4 Å². The fourth-order valence-corrected chi connectivity index (χ4v) is 3.21. The lowest BCUT2D eigenvalue weighted by Gasteiger charge is -2.15. The minimum absolute atomic E-state index is 0.0432. The van der Waals surface area contributed by atoms with Gasteiger partial charge in [0.25, 0.3) is 0 Å². The van der Waals surface area contributed by atoms with Crippen molar-refractivity contribution in [3.8, 4) is 12.1 Å². The molecule has 3 rings (SSSR count). The molecule has 0 fully saturated rings. The van der Waals surface area contributed by atoms with Crippen LogP contribution < -0.4 is 15.5 Å². The third kappa shape index (κ3) is 4.10. The van der Waals surface area contributed by atoms with Gasteiger partial charge in [-0.1, -0.05) is 11.6 Å². The molecule has 28 heavy (non-hydrogen) atoms. The lowest BCUT2D eigenvalue weighted by molar-refractivity contribution is 0.331. The maximum atomic E-state index is 10.3. The van der Waals surface area contributed by atoms with Crippen molar-refractivity contribution in [1.29, 1.82) is 10.5 Å². The summed E-state index contributed by atoms with van der Waals surface area (Å²) in [6.45, 7) is 1.82. The van der Waals surface area contributed by atoms with E-state index in [-0.39, 0.29) is 22.6 Å². The molecule has 4 N–H and O–H groups in total. The molecule has 1 aromatic heterocycles. The number of nitrogens with one attached hydrogen (secondary N) is 1. The molecule has 0 aliphatic heterocycles. The Morgan fingerprint density at radius 3 is 2.68 bits per heavy atom. The zero-order valence-corrected chi connectivity index (χ0v) is 16.0. The predicted octanol–water partition coefficient (Wildman–Crippen LogP) is 3.62. The van der Waals surface area contributed by atoms with E-state index in [1.54, 1.807) is 18.2 Å². The molecule has 2 aromatic carbocycles. The average Bonchev–Trinajstić information content (AvgIpc) is 3.00. The number of benzene rings is 2. The smallest absolute Gasteiger partial charge is 0.249 e. The quantitative estimate of drug-likeness (QED) is 0.423.